The molecule has 0 fully saturated rings. The average Bonchev–Trinajstić information content (AvgIpc) is 2.15. The molecule has 0 aliphatic heterocycles. The number of aromatic nitrogens is 2. The summed E-state index contributed by atoms with van der Waals surface area (Å²) in [6, 6.07) is 3.71. The van der Waals surface area contributed by atoms with E-state index in [0.717, 1.165) is 16.5 Å². The fraction of sp³-hybridized carbons (Fsp3) is 0.200. The van der Waals surface area contributed by atoms with Crippen LogP contribution in [0.4, 0.5) is 0 Å². The monoisotopic (exact) mass is 174 g/mol. The molecule has 0 N–H and O–H groups in total. The van der Waals surface area contributed by atoms with Gasteiger partial charge in [0.1, 0.15) is 0 Å². The first-order valence-electron chi connectivity index (χ1n) is 4.10. The molecule has 0 aromatic carbocycles. The van der Waals surface area contributed by atoms with E-state index in [1.165, 1.54) is 0 Å². The zero-order valence-corrected chi connectivity index (χ0v) is 7.61. The Balaban J connectivity index is 3.02. The fourth-order valence-electron chi connectivity index (χ4n) is 1.48. The van der Waals surface area contributed by atoms with E-state index in [-0.39, 0.29) is 5.56 Å². The fourth-order valence-corrected chi connectivity index (χ4v) is 1.48. The number of nitrogens with zero attached hydrogens (tertiary/aromatic N) is 2. The van der Waals surface area contributed by atoms with Gasteiger partial charge in [-0.05, 0) is 19.1 Å². The quantitative estimate of drug-likeness (QED) is 0.602. The summed E-state index contributed by atoms with van der Waals surface area (Å²) in [5, 5.41) is 1.00. The molecule has 2 aromatic heterocycles. The number of fused-ring (bicyclic) bond motifs is 1. The van der Waals surface area contributed by atoms with Gasteiger partial charge >= 0.3 is 0 Å². The second-order valence-electron chi connectivity index (χ2n) is 3.13. The van der Waals surface area contributed by atoms with Crippen LogP contribution in [0.3, 0.4) is 0 Å². The van der Waals surface area contributed by atoms with Crippen molar-refractivity contribution < 1.29 is 0 Å². The first kappa shape index (κ1) is 7.98. The third kappa shape index (κ3) is 1.13. The molecule has 66 valence electrons. The third-order valence-corrected chi connectivity index (χ3v) is 2.20. The Morgan fingerprint density at radius 1 is 1.46 bits per heavy atom. The van der Waals surface area contributed by atoms with Crippen LogP contribution in [0.15, 0.2) is 29.3 Å². The van der Waals surface area contributed by atoms with Crippen LogP contribution in [0.5, 0.6) is 0 Å². The lowest BCUT2D eigenvalue weighted by molar-refractivity contribution is 0.892. The molecule has 3 heteroatoms. The van der Waals surface area contributed by atoms with E-state index in [0.29, 0.717) is 0 Å². The Bertz CT molecular complexity index is 514. The summed E-state index contributed by atoms with van der Waals surface area (Å²) < 4.78 is 1.65. The largest absolute Gasteiger partial charge is 0.311 e. The van der Waals surface area contributed by atoms with Crippen LogP contribution in [0, 0.1) is 6.92 Å². The summed E-state index contributed by atoms with van der Waals surface area (Å²) in [6.07, 6.45) is 3.46. The summed E-state index contributed by atoms with van der Waals surface area (Å²) in [4.78, 5) is 15.5. The van der Waals surface area contributed by atoms with Gasteiger partial charge in [-0.15, -0.1) is 0 Å². The van der Waals surface area contributed by atoms with Crippen molar-refractivity contribution in [2.75, 3.05) is 0 Å². The van der Waals surface area contributed by atoms with Gasteiger partial charge in [-0.25, -0.2) is 0 Å². The van der Waals surface area contributed by atoms with Gasteiger partial charge in [0.15, 0.2) is 0 Å². The maximum Gasteiger partial charge on any atom is 0.253 e. The van der Waals surface area contributed by atoms with Gasteiger partial charge in [-0.3, -0.25) is 9.78 Å². The van der Waals surface area contributed by atoms with Crippen molar-refractivity contribution in [2.45, 2.75) is 6.92 Å². The minimum absolute atomic E-state index is 0.0544. The Morgan fingerprint density at radius 3 is 3.00 bits per heavy atom. The second-order valence-corrected chi connectivity index (χ2v) is 3.13. The van der Waals surface area contributed by atoms with Gasteiger partial charge in [-0.1, -0.05) is 0 Å². The van der Waals surface area contributed by atoms with Crippen LogP contribution in [0.1, 0.15) is 5.56 Å². The lowest BCUT2D eigenvalue weighted by Gasteiger charge is -2.04. The van der Waals surface area contributed by atoms with E-state index in [9.17, 15) is 4.79 Å². The van der Waals surface area contributed by atoms with Crippen LogP contribution in [-0.2, 0) is 7.05 Å². The number of rotatable bonds is 0. The number of hydrogen-bond acceptors (Lipinski definition) is 2. The molecule has 0 unspecified atom stereocenters. The van der Waals surface area contributed by atoms with Crippen molar-refractivity contribution in [3.63, 3.8) is 0 Å². The number of pyridine rings is 2. The van der Waals surface area contributed by atoms with Gasteiger partial charge in [0.05, 0.1) is 5.52 Å². The van der Waals surface area contributed by atoms with Crippen molar-refractivity contribution in [3.8, 4) is 0 Å². The van der Waals surface area contributed by atoms with Gasteiger partial charge in [0, 0.05) is 30.4 Å². The molecular weight excluding hydrogens is 164 g/mol. The highest BCUT2D eigenvalue weighted by atomic mass is 16.1. The highest BCUT2D eigenvalue weighted by Crippen LogP contribution is 2.09. The Hall–Kier alpha value is -1.64. The summed E-state index contributed by atoms with van der Waals surface area (Å²) in [6.45, 7) is 1.81. The molecular formula is C10H10N2O. The van der Waals surface area contributed by atoms with E-state index in [1.807, 2.05) is 19.1 Å². The van der Waals surface area contributed by atoms with E-state index in [4.69, 9.17) is 0 Å². The second kappa shape index (κ2) is 2.69. The Kier molecular flexibility index (Phi) is 1.65. The lowest BCUT2D eigenvalue weighted by Crippen LogP contribution is -2.19. The highest BCUT2D eigenvalue weighted by molar-refractivity contribution is 5.78. The molecule has 3 nitrogen and oxygen atoms in total. The molecule has 0 aliphatic rings. The molecule has 0 atom stereocenters. The van der Waals surface area contributed by atoms with Crippen LogP contribution < -0.4 is 5.56 Å². The van der Waals surface area contributed by atoms with Crippen LogP contribution in [0.25, 0.3) is 10.9 Å². The zero-order valence-electron chi connectivity index (χ0n) is 7.61. The van der Waals surface area contributed by atoms with Crippen LogP contribution >= 0.6 is 0 Å². The smallest absolute Gasteiger partial charge is 0.253 e. The molecule has 0 saturated heterocycles. The third-order valence-electron chi connectivity index (χ3n) is 2.20. The number of hydrogen-bond donors (Lipinski definition) is 0. The van der Waals surface area contributed by atoms with Crippen molar-refractivity contribution in [1.82, 2.24) is 9.55 Å². The van der Waals surface area contributed by atoms with Gasteiger partial charge in [0.25, 0.3) is 5.56 Å². The summed E-state index contributed by atoms with van der Waals surface area (Å²) >= 11 is 0. The van der Waals surface area contributed by atoms with E-state index < -0.39 is 0 Å². The van der Waals surface area contributed by atoms with Crippen molar-refractivity contribution in [3.05, 3.63) is 40.4 Å². The summed E-state index contributed by atoms with van der Waals surface area (Å²) in [5.74, 6) is 0. The standard InChI is InChI=1S/C10H10N2O/c1-7-5-8-6-11-4-3-9(8)12(2)10(7)13/h3-6H,1-2H3. The Morgan fingerprint density at radius 2 is 2.23 bits per heavy atom. The minimum atomic E-state index is 0.0544. The maximum atomic E-state index is 11.5. The van der Waals surface area contributed by atoms with E-state index >= 15 is 0 Å². The lowest BCUT2D eigenvalue weighted by atomic mass is 10.2. The average molecular weight is 174 g/mol. The molecule has 2 heterocycles. The predicted octanol–water partition coefficient (Wildman–Crippen LogP) is 1.24. The predicted molar refractivity (Wildman–Crippen MR) is 51.7 cm³/mol. The molecule has 0 saturated carbocycles. The molecule has 0 spiro atoms. The van der Waals surface area contributed by atoms with E-state index in [2.05, 4.69) is 4.98 Å². The summed E-state index contributed by atoms with van der Waals surface area (Å²) in [7, 11) is 1.78. The molecule has 13 heavy (non-hydrogen) atoms. The van der Waals surface area contributed by atoms with Gasteiger partial charge in [0.2, 0.25) is 0 Å². The van der Waals surface area contributed by atoms with Crippen molar-refractivity contribution in [1.29, 1.82) is 0 Å². The SMILES string of the molecule is Cc1cc2cnccc2n(C)c1=O. The molecule has 0 amide bonds. The zero-order chi connectivity index (χ0) is 9.42. The van der Waals surface area contributed by atoms with Crippen LogP contribution in [0.2, 0.25) is 0 Å². The maximum absolute atomic E-state index is 11.5. The first-order valence-corrected chi connectivity index (χ1v) is 4.10. The first-order chi connectivity index (χ1) is 6.20. The number of aryl methyl sites for hydroxylation is 2. The topological polar surface area (TPSA) is 34.9 Å². The Labute approximate surface area is 75.7 Å². The molecule has 0 aliphatic carbocycles. The normalized spacial score (nSPS) is 10.6. The van der Waals surface area contributed by atoms with E-state index in [1.54, 1.807) is 24.0 Å². The van der Waals surface area contributed by atoms with Crippen LogP contribution in [-0.4, -0.2) is 9.55 Å². The van der Waals surface area contributed by atoms with Gasteiger partial charge in [-0.2, -0.15) is 0 Å². The molecule has 0 radical (unpaired) electrons. The minimum Gasteiger partial charge on any atom is -0.311 e. The van der Waals surface area contributed by atoms with Gasteiger partial charge < -0.3 is 4.57 Å². The molecule has 2 aromatic rings. The van der Waals surface area contributed by atoms with Crippen molar-refractivity contribution in [2.24, 2.45) is 7.05 Å². The highest BCUT2D eigenvalue weighted by Gasteiger charge is 2.01. The molecule has 0 bridgehead atoms. The van der Waals surface area contributed by atoms with Crippen molar-refractivity contribution >= 4 is 10.9 Å². The molecule has 2 rings (SSSR count). The summed E-state index contributed by atoms with van der Waals surface area (Å²) in [5.41, 5.74) is 1.73.